The fourth-order valence-electron chi connectivity index (χ4n) is 1.93. The molecule has 21 heavy (non-hydrogen) atoms. The van der Waals surface area contributed by atoms with Gasteiger partial charge in [-0.2, -0.15) is 0 Å². The van der Waals surface area contributed by atoms with Crippen molar-refractivity contribution in [2.24, 2.45) is 5.73 Å². The molecule has 2 rings (SSSR count). The first-order valence-corrected chi connectivity index (χ1v) is 6.72. The summed E-state index contributed by atoms with van der Waals surface area (Å²) in [5.41, 5.74) is 12.0. The number of hydrazine groups is 1. The highest BCUT2D eigenvalue weighted by Gasteiger charge is 2.08. The van der Waals surface area contributed by atoms with E-state index in [0.717, 1.165) is 16.5 Å². The van der Waals surface area contributed by atoms with E-state index in [1.165, 1.54) is 6.92 Å². The fourth-order valence-corrected chi connectivity index (χ4v) is 1.93. The molecule has 0 spiro atoms. The number of H-pyrrole nitrogens is 1. The summed E-state index contributed by atoms with van der Waals surface area (Å²) in [5, 5.41) is 3.80. The number of rotatable bonds is 4. The Morgan fingerprint density at radius 3 is 2.81 bits per heavy atom. The zero-order chi connectivity index (χ0) is 15.2. The van der Waals surface area contributed by atoms with Crippen molar-refractivity contribution in [2.45, 2.75) is 19.4 Å². The third kappa shape index (κ3) is 3.96. The van der Waals surface area contributed by atoms with Crippen LogP contribution in [0.4, 0.5) is 4.79 Å². The maximum atomic E-state index is 11.5. The molecule has 0 fully saturated rings. The second-order valence-corrected chi connectivity index (χ2v) is 4.77. The maximum absolute atomic E-state index is 11.5. The Labute approximate surface area is 122 Å². The maximum Gasteiger partial charge on any atom is 0.333 e. The van der Waals surface area contributed by atoms with Gasteiger partial charge in [-0.1, -0.05) is 18.2 Å². The summed E-state index contributed by atoms with van der Waals surface area (Å²) in [4.78, 5) is 25.8. The lowest BCUT2D eigenvalue weighted by atomic mass is 10.1. The van der Waals surface area contributed by atoms with Gasteiger partial charge in [-0.25, -0.2) is 10.2 Å². The van der Waals surface area contributed by atoms with Crippen LogP contribution in [-0.2, 0) is 11.2 Å². The third-order valence-electron chi connectivity index (χ3n) is 3.07. The zero-order valence-corrected chi connectivity index (χ0v) is 11.8. The highest BCUT2D eigenvalue weighted by molar-refractivity contribution is 5.84. The minimum Gasteiger partial charge on any atom is -0.361 e. The van der Waals surface area contributed by atoms with Crippen LogP contribution >= 0.6 is 0 Å². The largest absolute Gasteiger partial charge is 0.361 e. The standard InChI is InChI=1S/C14H19N5O2/c1-9(15)13(20)18-19-14(21)16-7-6-10-8-17-12-5-3-2-4-11(10)12/h2-5,8-9,17H,6-7,15H2,1H3,(H,18,20)(H2,16,19,21)/t9-/m1/s1. The smallest absolute Gasteiger partial charge is 0.333 e. The number of hydrogen-bond acceptors (Lipinski definition) is 3. The van der Waals surface area contributed by atoms with Crippen molar-refractivity contribution in [2.75, 3.05) is 6.54 Å². The number of carbonyl (C=O) groups is 2. The topological polar surface area (TPSA) is 112 Å². The van der Waals surface area contributed by atoms with Gasteiger partial charge in [-0.15, -0.1) is 0 Å². The summed E-state index contributed by atoms with van der Waals surface area (Å²) < 4.78 is 0. The summed E-state index contributed by atoms with van der Waals surface area (Å²) in [6.07, 6.45) is 2.63. The molecule has 0 saturated heterocycles. The van der Waals surface area contributed by atoms with Crippen LogP contribution in [0.15, 0.2) is 30.5 Å². The molecule has 1 atom stereocenters. The normalized spacial score (nSPS) is 11.9. The summed E-state index contributed by atoms with van der Waals surface area (Å²) in [6, 6.07) is 6.84. The van der Waals surface area contributed by atoms with E-state index in [1.807, 2.05) is 30.5 Å². The first kappa shape index (κ1) is 14.9. The molecule has 7 nitrogen and oxygen atoms in total. The number of hydrogen-bond donors (Lipinski definition) is 5. The predicted octanol–water partition coefficient (Wildman–Crippen LogP) is 0.388. The van der Waals surface area contributed by atoms with E-state index in [4.69, 9.17) is 5.73 Å². The van der Waals surface area contributed by atoms with Gasteiger partial charge in [0.1, 0.15) is 0 Å². The van der Waals surface area contributed by atoms with E-state index < -0.39 is 18.0 Å². The van der Waals surface area contributed by atoms with Crippen molar-refractivity contribution < 1.29 is 9.59 Å². The minimum absolute atomic E-state index is 0.443. The second-order valence-electron chi connectivity index (χ2n) is 4.77. The summed E-state index contributed by atoms with van der Waals surface area (Å²) in [5.74, 6) is -0.443. The predicted molar refractivity (Wildman–Crippen MR) is 80.3 cm³/mol. The van der Waals surface area contributed by atoms with Gasteiger partial charge < -0.3 is 16.0 Å². The molecule has 7 heteroatoms. The molecule has 0 saturated carbocycles. The van der Waals surface area contributed by atoms with Gasteiger partial charge in [0.15, 0.2) is 0 Å². The molecular formula is C14H19N5O2. The first-order valence-electron chi connectivity index (χ1n) is 6.72. The SMILES string of the molecule is C[C@@H](N)C(=O)NNC(=O)NCCc1c[nH]c2ccccc12. The molecule has 0 aliphatic rings. The van der Waals surface area contributed by atoms with Crippen molar-refractivity contribution in [3.05, 3.63) is 36.0 Å². The first-order chi connectivity index (χ1) is 10.1. The minimum atomic E-state index is -0.670. The Morgan fingerprint density at radius 1 is 1.29 bits per heavy atom. The Morgan fingerprint density at radius 2 is 2.05 bits per heavy atom. The van der Waals surface area contributed by atoms with E-state index in [9.17, 15) is 9.59 Å². The fraction of sp³-hybridized carbons (Fsp3) is 0.286. The number of amides is 3. The lowest BCUT2D eigenvalue weighted by molar-refractivity contribution is -0.122. The van der Waals surface area contributed by atoms with Gasteiger partial charge in [0, 0.05) is 23.6 Å². The van der Waals surface area contributed by atoms with Crippen LogP contribution in [0.5, 0.6) is 0 Å². The van der Waals surface area contributed by atoms with Crippen LogP contribution in [-0.4, -0.2) is 29.5 Å². The number of aromatic amines is 1. The lowest BCUT2D eigenvalue weighted by Gasteiger charge is -2.10. The molecule has 0 aliphatic carbocycles. The van der Waals surface area contributed by atoms with Crippen LogP contribution in [0.3, 0.4) is 0 Å². The molecule has 1 aromatic heterocycles. The Hall–Kier alpha value is -2.54. The number of fused-ring (bicyclic) bond motifs is 1. The van der Waals surface area contributed by atoms with Crippen molar-refractivity contribution in [3.63, 3.8) is 0 Å². The quantitative estimate of drug-likeness (QED) is 0.525. The highest BCUT2D eigenvalue weighted by atomic mass is 16.2. The van der Waals surface area contributed by atoms with Crippen molar-refractivity contribution in [3.8, 4) is 0 Å². The Bertz CT molecular complexity index is 635. The number of nitrogens with two attached hydrogens (primary N) is 1. The molecule has 0 bridgehead atoms. The number of aromatic nitrogens is 1. The monoisotopic (exact) mass is 289 g/mol. The number of urea groups is 1. The number of carbonyl (C=O) groups excluding carboxylic acids is 2. The number of nitrogens with one attached hydrogen (secondary N) is 4. The molecule has 0 unspecified atom stereocenters. The van der Waals surface area contributed by atoms with E-state index in [1.54, 1.807) is 0 Å². The second kappa shape index (κ2) is 6.76. The Balaban J connectivity index is 1.76. The third-order valence-corrected chi connectivity index (χ3v) is 3.07. The summed E-state index contributed by atoms with van der Waals surface area (Å²) >= 11 is 0. The van der Waals surface area contributed by atoms with Gasteiger partial charge in [0.2, 0.25) is 0 Å². The Kier molecular flexibility index (Phi) is 4.78. The molecular weight excluding hydrogens is 270 g/mol. The molecule has 3 amide bonds. The number of benzene rings is 1. The van der Waals surface area contributed by atoms with E-state index in [0.29, 0.717) is 13.0 Å². The van der Waals surface area contributed by atoms with Crippen LogP contribution in [0.1, 0.15) is 12.5 Å². The van der Waals surface area contributed by atoms with E-state index in [2.05, 4.69) is 21.2 Å². The number of para-hydroxylation sites is 1. The zero-order valence-electron chi connectivity index (χ0n) is 11.8. The van der Waals surface area contributed by atoms with Gasteiger partial charge >= 0.3 is 6.03 Å². The summed E-state index contributed by atoms with van der Waals surface area (Å²) in [6.45, 7) is 1.99. The molecule has 6 N–H and O–H groups in total. The van der Waals surface area contributed by atoms with Gasteiger partial charge in [-0.3, -0.25) is 10.2 Å². The average Bonchev–Trinajstić information content (AvgIpc) is 2.88. The molecule has 0 aliphatic heterocycles. The van der Waals surface area contributed by atoms with E-state index >= 15 is 0 Å². The highest BCUT2D eigenvalue weighted by Crippen LogP contribution is 2.17. The van der Waals surface area contributed by atoms with Crippen molar-refractivity contribution in [1.82, 2.24) is 21.2 Å². The van der Waals surface area contributed by atoms with Crippen molar-refractivity contribution in [1.29, 1.82) is 0 Å². The van der Waals surface area contributed by atoms with Crippen LogP contribution in [0.25, 0.3) is 10.9 Å². The molecule has 112 valence electrons. The molecule has 1 heterocycles. The van der Waals surface area contributed by atoms with Crippen LogP contribution in [0, 0.1) is 0 Å². The van der Waals surface area contributed by atoms with Gasteiger partial charge in [0.25, 0.3) is 5.91 Å². The van der Waals surface area contributed by atoms with Gasteiger partial charge in [0.05, 0.1) is 6.04 Å². The molecule has 2 aromatic rings. The van der Waals surface area contributed by atoms with E-state index in [-0.39, 0.29) is 0 Å². The molecule has 1 aromatic carbocycles. The molecule has 0 radical (unpaired) electrons. The summed E-state index contributed by atoms with van der Waals surface area (Å²) in [7, 11) is 0. The van der Waals surface area contributed by atoms with Crippen molar-refractivity contribution >= 4 is 22.8 Å². The van der Waals surface area contributed by atoms with Crippen LogP contribution < -0.4 is 21.9 Å². The van der Waals surface area contributed by atoms with Crippen LogP contribution in [0.2, 0.25) is 0 Å². The van der Waals surface area contributed by atoms with Gasteiger partial charge in [-0.05, 0) is 25.0 Å². The average molecular weight is 289 g/mol. The lowest BCUT2D eigenvalue weighted by Crippen LogP contribution is -2.51.